The SMILES string of the molecule is O=C(c1c(-c2ccccc2)nn2ccccc12)N1CCC[C@H]1COc1ccc(C(F)(F)F)cn1. The lowest BCUT2D eigenvalue weighted by atomic mass is 10.1. The molecule has 1 aliphatic rings. The summed E-state index contributed by atoms with van der Waals surface area (Å²) in [4.78, 5) is 19.3. The molecule has 4 aromatic rings. The normalized spacial score (nSPS) is 16.2. The molecule has 0 N–H and O–H groups in total. The largest absolute Gasteiger partial charge is 0.475 e. The maximum atomic E-state index is 13.8. The number of carbonyl (C=O) groups is 1. The molecule has 6 nitrogen and oxygen atoms in total. The Labute approximate surface area is 193 Å². The van der Waals surface area contributed by atoms with Crippen molar-refractivity contribution in [3.63, 3.8) is 0 Å². The van der Waals surface area contributed by atoms with Crippen LogP contribution in [0.1, 0.15) is 28.8 Å². The van der Waals surface area contributed by atoms with Crippen LogP contribution in [0.15, 0.2) is 73.1 Å². The van der Waals surface area contributed by atoms with E-state index >= 15 is 0 Å². The van der Waals surface area contributed by atoms with E-state index in [2.05, 4.69) is 10.1 Å². The van der Waals surface area contributed by atoms with Crippen LogP contribution in [0.25, 0.3) is 16.8 Å². The minimum atomic E-state index is -4.45. The Hall–Kier alpha value is -3.88. The number of nitrogens with zero attached hydrogens (tertiary/aromatic N) is 4. The smallest absolute Gasteiger partial charge is 0.417 e. The highest BCUT2D eigenvalue weighted by Crippen LogP contribution is 2.31. The number of likely N-dealkylation sites (tertiary alicyclic amines) is 1. The number of amides is 1. The standard InChI is InChI=1S/C25H21F3N4O2/c26-25(27,28)18-11-12-21(29-15-18)34-16-19-9-6-13-31(19)24(33)22-20-10-4-5-14-32(20)30-23(22)17-7-2-1-3-8-17/h1-5,7-8,10-12,14-15,19H,6,9,13,16H2/t19-/m0/s1. The van der Waals surface area contributed by atoms with Gasteiger partial charge in [-0.2, -0.15) is 18.3 Å². The summed E-state index contributed by atoms with van der Waals surface area (Å²) in [6.07, 6.45) is -0.366. The van der Waals surface area contributed by atoms with Crippen LogP contribution in [-0.2, 0) is 6.18 Å². The second kappa shape index (κ2) is 8.81. The summed E-state index contributed by atoms with van der Waals surface area (Å²) in [7, 11) is 0. The number of ether oxygens (including phenoxy) is 1. The van der Waals surface area contributed by atoms with Crippen LogP contribution in [0.3, 0.4) is 0 Å². The average Bonchev–Trinajstić information content (AvgIpc) is 3.47. The van der Waals surface area contributed by atoms with E-state index in [1.807, 2.05) is 48.5 Å². The van der Waals surface area contributed by atoms with Crippen molar-refractivity contribution in [2.75, 3.05) is 13.2 Å². The van der Waals surface area contributed by atoms with Crippen LogP contribution in [-0.4, -0.2) is 44.6 Å². The number of fused-ring (bicyclic) bond motifs is 1. The van der Waals surface area contributed by atoms with Gasteiger partial charge in [0.25, 0.3) is 5.91 Å². The molecule has 1 atom stereocenters. The Morgan fingerprint density at radius 1 is 1.06 bits per heavy atom. The molecule has 9 heteroatoms. The van der Waals surface area contributed by atoms with Gasteiger partial charge in [0, 0.05) is 30.6 Å². The number of rotatable bonds is 5. The number of carbonyl (C=O) groups excluding carboxylic acids is 1. The van der Waals surface area contributed by atoms with Crippen molar-refractivity contribution >= 4 is 11.4 Å². The maximum Gasteiger partial charge on any atom is 0.417 e. The molecule has 0 spiro atoms. The van der Waals surface area contributed by atoms with Crippen LogP contribution in [0.2, 0.25) is 0 Å². The minimum absolute atomic E-state index is 0.0910. The number of hydrogen-bond donors (Lipinski definition) is 0. The zero-order chi connectivity index (χ0) is 23.7. The van der Waals surface area contributed by atoms with E-state index in [4.69, 9.17) is 4.74 Å². The van der Waals surface area contributed by atoms with Gasteiger partial charge in [0.2, 0.25) is 5.88 Å². The molecule has 1 aliphatic heterocycles. The Bertz CT molecular complexity index is 1300. The van der Waals surface area contributed by atoms with E-state index in [0.717, 1.165) is 30.7 Å². The van der Waals surface area contributed by atoms with Gasteiger partial charge in [0.1, 0.15) is 12.3 Å². The van der Waals surface area contributed by atoms with Crippen molar-refractivity contribution in [1.82, 2.24) is 19.5 Å². The van der Waals surface area contributed by atoms with Crippen LogP contribution in [0.5, 0.6) is 5.88 Å². The number of alkyl halides is 3. The molecule has 0 aliphatic carbocycles. The molecule has 0 unspecified atom stereocenters. The second-order valence-corrected chi connectivity index (χ2v) is 8.11. The molecule has 1 amide bonds. The molecule has 5 rings (SSSR count). The lowest BCUT2D eigenvalue weighted by molar-refractivity contribution is -0.137. The molecule has 0 saturated carbocycles. The molecular formula is C25H21F3N4O2. The summed E-state index contributed by atoms with van der Waals surface area (Å²) >= 11 is 0. The Balaban J connectivity index is 1.39. The molecule has 1 saturated heterocycles. The fourth-order valence-electron chi connectivity index (χ4n) is 4.24. The number of benzene rings is 1. The van der Waals surface area contributed by atoms with Crippen LogP contribution >= 0.6 is 0 Å². The van der Waals surface area contributed by atoms with Crippen molar-refractivity contribution in [2.24, 2.45) is 0 Å². The summed E-state index contributed by atoms with van der Waals surface area (Å²) in [5.74, 6) is -0.0558. The summed E-state index contributed by atoms with van der Waals surface area (Å²) in [5, 5.41) is 4.66. The van der Waals surface area contributed by atoms with Crippen LogP contribution < -0.4 is 4.74 Å². The van der Waals surface area contributed by atoms with E-state index < -0.39 is 11.7 Å². The fourth-order valence-corrected chi connectivity index (χ4v) is 4.24. The predicted octanol–water partition coefficient (Wildman–Crippen LogP) is 5.10. The first-order valence-electron chi connectivity index (χ1n) is 10.9. The van der Waals surface area contributed by atoms with E-state index in [1.165, 1.54) is 6.07 Å². The second-order valence-electron chi connectivity index (χ2n) is 8.11. The van der Waals surface area contributed by atoms with Crippen molar-refractivity contribution in [3.8, 4) is 17.1 Å². The number of aromatic nitrogens is 3. The quantitative estimate of drug-likeness (QED) is 0.411. The molecule has 174 valence electrons. The van der Waals surface area contributed by atoms with Gasteiger partial charge in [-0.25, -0.2) is 9.50 Å². The van der Waals surface area contributed by atoms with E-state index in [0.29, 0.717) is 23.3 Å². The lowest BCUT2D eigenvalue weighted by Gasteiger charge is -2.25. The van der Waals surface area contributed by atoms with Crippen molar-refractivity contribution in [2.45, 2.75) is 25.1 Å². The van der Waals surface area contributed by atoms with Gasteiger partial charge in [-0.1, -0.05) is 36.4 Å². The summed E-state index contributed by atoms with van der Waals surface area (Å²) in [5.41, 5.74) is 1.84. The molecule has 1 fully saturated rings. The number of halogens is 3. The molecular weight excluding hydrogens is 445 g/mol. The molecule has 0 bridgehead atoms. The highest BCUT2D eigenvalue weighted by Gasteiger charge is 2.34. The average molecular weight is 466 g/mol. The highest BCUT2D eigenvalue weighted by atomic mass is 19.4. The predicted molar refractivity (Wildman–Crippen MR) is 119 cm³/mol. The van der Waals surface area contributed by atoms with Gasteiger partial charge in [0.15, 0.2) is 0 Å². The van der Waals surface area contributed by atoms with Crippen molar-refractivity contribution in [1.29, 1.82) is 0 Å². The molecule has 3 aromatic heterocycles. The Morgan fingerprint density at radius 3 is 2.59 bits per heavy atom. The van der Waals surface area contributed by atoms with Gasteiger partial charge < -0.3 is 9.64 Å². The third-order valence-electron chi connectivity index (χ3n) is 5.93. The van der Waals surface area contributed by atoms with Gasteiger partial charge in [-0.15, -0.1) is 0 Å². The monoisotopic (exact) mass is 466 g/mol. The zero-order valence-electron chi connectivity index (χ0n) is 18.1. The van der Waals surface area contributed by atoms with E-state index in [1.54, 1.807) is 15.6 Å². The number of pyridine rings is 2. The maximum absolute atomic E-state index is 13.8. The molecule has 1 aromatic carbocycles. The van der Waals surface area contributed by atoms with E-state index in [9.17, 15) is 18.0 Å². The van der Waals surface area contributed by atoms with E-state index in [-0.39, 0.29) is 24.4 Å². The topological polar surface area (TPSA) is 59.7 Å². The van der Waals surface area contributed by atoms with Crippen molar-refractivity contribution in [3.05, 3.63) is 84.2 Å². The molecule has 4 heterocycles. The number of hydrogen-bond acceptors (Lipinski definition) is 4. The molecule has 0 radical (unpaired) electrons. The summed E-state index contributed by atoms with van der Waals surface area (Å²) in [6, 6.07) is 17.0. The minimum Gasteiger partial charge on any atom is -0.475 e. The zero-order valence-corrected chi connectivity index (χ0v) is 18.1. The highest BCUT2D eigenvalue weighted by molar-refractivity contribution is 6.06. The van der Waals surface area contributed by atoms with Crippen molar-refractivity contribution < 1.29 is 22.7 Å². The van der Waals surface area contributed by atoms with Crippen LogP contribution in [0.4, 0.5) is 13.2 Å². The lowest BCUT2D eigenvalue weighted by Crippen LogP contribution is -2.39. The first kappa shape index (κ1) is 21.9. The summed E-state index contributed by atoms with van der Waals surface area (Å²) < 4.78 is 45.6. The molecule has 34 heavy (non-hydrogen) atoms. The summed E-state index contributed by atoms with van der Waals surface area (Å²) in [6.45, 7) is 0.704. The first-order chi connectivity index (χ1) is 16.4. The van der Waals surface area contributed by atoms with Crippen LogP contribution in [0, 0.1) is 0 Å². The van der Waals surface area contributed by atoms with Gasteiger partial charge >= 0.3 is 6.18 Å². The first-order valence-corrected chi connectivity index (χ1v) is 10.9. The fraction of sp³-hybridized carbons (Fsp3) is 0.240. The van der Waals surface area contributed by atoms with Gasteiger partial charge in [0.05, 0.1) is 22.7 Å². The third kappa shape index (κ3) is 4.21. The Kier molecular flexibility index (Phi) is 5.69. The third-order valence-corrected chi connectivity index (χ3v) is 5.93. The van der Waals surface area contributed by atoms with Gasteiger partial charge in [-0.05, 0) is 31.0 Å². The van der Waals surface area contributed by atoms with Gasteiger partial charge in [-0.3, -0.25) is 4.79 Å². The Morgan fingerprint density at radius 2 is 1.85 bits per heavy atom.